The predicted octanol–water partition coefficient (Wildman–Crippen LogP) is 3.56. The summed E-state index contributed by atoms with van der Waals surface area (Å²) in [6.07, 6.45) is 5.43. The van der Waals surface area contributed by atoms with Crippen molar-refractivity contribution in [2.45, 2.75) is 32.4 Å². The van der Waals surface area contributed by atoms with E-state index in [-0.39, 0.29) is 5.56 Å². The summed E-state index contributed by atoms with van der Waals surface area (Å²) < 4.78 is 2.04. The second kappa shape index (κ2) is 6.10. The summed E-state index contributed by atoms with van der Waals surface area (Å²) in [5, 5.41) is 2.15. The quantitative estimate of drug-likeness (QED) is 0.862. The van der Waals surface area contributed by atoms with Gasteiger partial charge in [-0.15, -0.1) is 11.3 Å². The molecule has 2 aromatic heterocycles. The van der Waals surface area contributed by atoms with E-state index in [1.54, 1.807) is 6.07 Å². The molecule has 2 aromatic rings. The lowest BCUT2D eigenvalue weighted by Gasteiger charge is -2.43. The molecule has 4 heterocycles. The van der Waals surface area contributed by atoms with Crippen LogP contribution >= 0.6 is 11.3 Å². The molecule has 3 nitrogen and oxygen atoms in total. The van der Waals surface area contributed by atoms with Gasteiger partial charge in [-0.2, -0.15) is 0 Å². The Hall–Kier alpha value is -1.65. The zero-order valence-electron chi connectivity index (χ0n) is 13.4. The summed E-state index contributed by atoms with van der Waals surface area (Å²) in [6, 6.07) is 8.07. The Morgan fingerprint density at radius 2 is 2.17 bits per heavy atom. The number of nitrogens with zero attached hydrogens (tertiary/aromatic N) is 2. The van der Waals surface area contributed by atoms with E-state index >= 15 is 0 Å². The van der Waals surface area contributed by atoms with Crippen LogP contribution < -0.4 is 5.56 Å². The third-order valence-corrected chi connectivity index (χ3v) is 5.87. The lowest BCUT2D eigenvalue weighted by molar-refractivity contribution is 0.115. The number of fused-ring (bicyclic) bond motifs is 4. The maximum absolute atomic E-state index is 12.3. The highest BCUT2D eigenvalue weighted by atomic mass is 32.1. The highest BCUT2D eigenvalue weighted by Crippen LogP contribution is 2.37. The zero-order valence-corrected chi connectivity index (χ0v) is 14.3. The first kappa shape index (κ1) is 14.9. The number of hydrogen-bond donors (Lipinski definition) is 0. The fourth-order valence-corrected chi connectivity index (χ4v) is 4.97. The van der Waals surface area contributed by atoms with Crippen molar-refractivity contribution in [3.63, 3.8) is 0 Å². The highest BCUT2D eigenvalue weighted by molar-refractivity contribution is 7.09. The van der Waals surface area contributed by atoms with Gasteiger partial charge in [-0.25, -0.2) is 0 Å². The molecule has 4 rings (SSSR count). The van der Waals surface area contributed by atoms with Crippen LogP contribution in [0.5, 0.6) is 0 Å². The lowest BCUT2D eigenvalue weighted by atomic mass is 9.81. The van der Waals surface area contributed by atoms with Gasteiger partial charge in [0.1, 0.15) is 0 Å². The minimum atomic E-state index is 0.162. The summed E-state index contributed by atoms with van der Waals surface area (Å²) in [6.45, 7) is 6.12. The molecule has 23 heavy (non-hydrogen) atoms. The van der Waals surface area contributed by atoms with Crippen molar-refractivity contribution in [3.8, 4) is 0 Å². The molecular weight excluding hydrogens is 304 g/mol. The van der Waals surface area contributed by atoms with Gasteiger partial charge in [0.15, 0.2) is 0 Å². The average Bonchev–Trinajstić information content (AvgIpc) is 3.03. The van der Waals surface area contributed by atoms with E-state index < -0.39 is 0 Å². The maximum atomic E-state index is 12.3. The van der Waals surface area contributed by atoms with Crippen LogP contribution in [0.2, 0.25) is 0 Å². The molecule has 0 N–H and O–H groups in total. The normalized spacial score (nSPS) is 24.0. The van der Waals surface area contributed by atoms with E-state index in [2.05, 4.69) is 34.6 Å². The van der Waals surface area contributed by atoms with Crippen molar-refractivity contribution in [3.05, 3.63) is 62.2 Å². The SMILES string of the molecule is CC=Cc1ccc(=O)n2c1[C@H]1C[C@@H](CN(Cc3cccs3)C1)C2. The summed E-state index contributed by atoms with van der Waals surface area (Å²) in [7, 11) is 0. The molecule has 1 saturated heterocycles. The predicted molar refractivity (Wildman–Crippen MR) is 95.9 cm³/mol. The van der Waals surface area contributed by atoms with Gasteiger partial charge >= 0.3 is 0 Å². The Morgan fingerprint density at radius 1 is 1.26 bits per heavy atom. The highest BCUT2D eigenvalue weighted by Gasteiger charge is 2.35. The molecule has 1 fully saturated rings. The molecule has 2 aliphatic rings. The first-order valence-electron chi connectivity index (χ1n) is 8.35. The van der Waals surface area contributed by atoms with Gasteiger partial charge in [-0.3, -0.25) is 9.69 Å². The van der Waals surface area contributed by atoms with E-state index in [1.165, 1.54) is 22.6 Å². The molecule has 0 spiro atoms. The molecule has 0 radical (unpaired) electrons. The molecule has 0 aliphatic carbocycles. The van der Waals surface area contributed by atoms with Crippen molar-refractivity contribution in [2.24, 2.45) is 5.92 Å². The molecule has 0 saturated carbocycles. The monoisotopic (exact) mass is 326 g/mol. The van der Waals surface area contributed by atoms with Gasteiger partial charge in [0, 0.05) is 48.7 Å². The molecule has 120 valence electrons. The summed E-state index contributed by atoms with van der Waals surface area (Å²) >= 11 is 1.84. The summed E-state index contributed by atoms with van der Waals surface area (Å²) in [5.74, 6) is 1.07. The van der Waals surface area contributed by atoms with Crippen molar-refractivity contribution >= 4 is 17.4 Å². The number of rotatable bonds is 3. The van der Waals surface area contributed by atoms with Gasteiger partial charge in [-0.1, -0.05) is 18.2 Å². The molecule has 2 atom stereocenters. The average molecular weight is 326 g/mol. The number of likely N-dealkylation sites (tertiary alicyclic amines) is 1. The van der Waals surface area contributed by atoms with Gasteiger partial charge in [0.2, 0.25) is 0 Å². The van der Waals surface area contributed by atoms with Gasteiger partial charge in [0.05, 0.1) is 0 Å². The summed E-state index contributed by atoms with van der Waals surface area (Å²) in [4.78, 5) is 16.3. The molecule has 0 amide bonds. The van der Waals surface area contributed by atoms with Crippen LogP contribution in [0.4, 0.5) is 0 Å². The Balaban J connectivity index is 1.67. The minimum Gasteiger partial charge on any atom is -0.311 e. The fraction of sp³-hybridized carbons (Fsp3) is 0.421. The maximum Gasteiger partial charge on any atom is 0.250 e. The van der Waals surface area contributed by atoms with Crippen LogP contribution in [-0.4, -0.2) is 22.6 Å². The Labute approximate surface area is 140 Å². The fourth-order valence-electron chi connectivity index (χ4n) is 4.22. The number of thiophene rings is 1. The second-order valence-electron chi connectivity index (χ2n) is 6.69. The molecule has 2 bridgehead atoms. The number of piperidine rings is 1. The Morgan fingerprint density at radius 3 is 2.96 bits per heavy atom. The molecule has 0 aromatic carbocycles. The van der Waals surface area contributed by atoms with Crippen LogP contribution in [0.1, 0.15) is 35.4 Å². The number of hydrogen-bond acceptors (Lipinski definition) is 3. The van der Waals surface area contributed by atoms with Crippen molar-refractivity contribution in [1.29, 1.82) is 0 Å². The van der Waals surface area contributed by atoms with E-state index in [1.807, 2.05) is 28.9 Å². The Kier molecular flexibility index (Phi) is 3.95. The largest absolute Gasteiger partial charge is 0.311 e. The molecular formula is C19H22N2OS. The van der Waals surface area contributed by atoms with E-state index in [4.69, 9.17) is 0 Å². The second-order valence-corrected chi connectivity index (χ2v) is 7.73. The zero-order chi connectivity index (χ0) is 15.8. The van der Waals surface area contributed by atoms with Crippen LogP contribution in [0, 0.1) is 5.92 Å². The van der Waals surface area contributed by atoms with Gasteiger partial charge in [-0.05, 0) is 42.3 Å². The minimum absolute atomic E-state index is 0.162. The number of aromatic nitrogens is 1. The first-order valence-corrected chi connectivity index (χ1v) is 9.23. The van der Waals surface area contributed by atoms with Gasteiger partial charge in [0.25, 0.3) is 5.56 Å². The molecule has 0 unspecified atom stereocenters. The third kappa shape index (κ3) is 2.81. The number of allylic oxidation sites excluding steroid dienone is 1. The van der Waals surface area contributed by atoms with E-state index in [9.17, 15) is 4.79 Å². The summed E-state index contributed by atoms with van der Waals surface area (Å²) in [5.41, 5.74) is 2.63. The standard InChI is InChI=1S/C19H22N2OS/c1-2-4-15-6-7-18(22)21-11-14-9-16(19(15)21)12-20(10-14)13-17-5-3-8-23-17/h2-8,14,16H,9-13H2,1H3/t14-,16-/m0/s1. The van der Waals surface area contributed by atoms with E-state index in [0.717, 1.165) is 26.2 Å². The molecule has 4 heteroatoms. The lowest BCUT2D eigenvalue weighted by Crippen LogP contribution is -2.47. The third-order valence-electron chi connectivity index (χ3n) is 5.00. The molecule has 2 aliphatic heterocycles. The van der Waals surface area contributed by atoms with Crippen molar-refractivity contribution in [1.82, 2.24) is 9.47 Å². The van der Waals surface area contributed by atoms with Crippen LogP contribution in [0.15, 0.2) is 40.5 Å². The van der Waals surface area contributed by atoms with Crippen LogP contribution in [0.25, 0.3) is 6.08 Å². The topological polar surface area (TPSA) is 25.2 Å². The van der Waals surface area contributed by atoms with E-state index in [0.29, 0.717) is 11.8 Å². The van der Waals surface area contributed by atoms with Gasteiger partial charge < -0.3 is 4.57 Å². The number of pyridine rings is 1. The Bertz CT molecular complexity index is 775. The first-order chi connectivity index (χ1) is 11.2. The van der Waals surface area contributed by atoms with Crippen LogP contribution in [-0.2, 0) is 13.1 Å². The van der Waals surface area contributed by atoms with Crippen LogP contribution in [0.3, 0.4) is 0 Å². The smallest absolute Gasteiger partial charge is 0.250 e. The van der Waals surface area contributed by atoms with Crippen molar-refractivity contribution < 1.29 is 0 Å². The van der Waals surface area contributed by atoms with Crippen molar-refractivity contribution in [2.75, 3.05) is 13.1 Å².